The number of aliphatic carboxylic acids is 1. The van der Waals surface area contributed by atoms with E-state index in [-0.39, 0.29) is 59.5 Å². The molecule has 0 radical (unpaired) electrons. The molecule has 2 rings (SSSR count). The molecular formula is C17H16N3NaO6. The van der Waals surface area contributed by atoms with Gasteiger partial charge in [0.15, 0.2) is 0 Å². The van der Waals surface area contributed by atoms with Crippen LogP contribution in [0.25, 0.3) is 0 Å². The molecule has 0 aromatic heterocycles. The van der Waals surface area contributed by atoms with E-state index in [0.29, 0.717) is 11.3 Å². The van der Waals surface area contributed by atoms with E-state index >= 15 is 0 Å². The molecule has 0 aliphatic heterocycles. The number of carboxylic acids is 2. The Bertz CT molecular complexity index is 867. The predicted molar refractivity (Wildman–Crippen MR) is 97.4 cm³/mol. The Balaban J connectivity index is 0.00000364. The second-order valence-corrected chi connectivity index (χ2v) is 5.15. The Hall–Kier alpha value is -2.75. The van der Waals surface area contributed by atoms with Gasteiger partial charge in [-0.3, -0.25) is 9.59 Å². The number of aromatic hydroxyl groups is 1. The number of aromatic carboxylic acids is 1. The second-order valence-electron chi connectivity index (χ2n) is 5.15. The van der Waals surface area contributed by atoms with Gasteiger partial charge in [-0.25, -0.2) is 4.79 Å². The van der Waals surface area contributed by atoms with Crippen LogP contribution in [0.3, 0.4) is 0 Å². The van der Waals surface area contributed by atoms with Crippen LogP contribution in [0.15, 0.2) is 52.7 Å². The summed E-state index contributed by atoms with van der Waals surface area (Å²) in [5, 5.41) is 37.2. The Morgan fingerprint density at radius 3 is 2.11 bits per heavy atom. The van der Waals surface area contributed by atoms with Crippen LogP contribution >= 0.6 is 0 Å². The summed E-state index contributed by atoms with van der Waals surface area (Å²) >= 11 is 0. The molecule has 0 saturated carbocycles. The third kappa shape index (κ3) is 6.81. The first-order valence-corrected chi connectivity index (χ1v) is 7.45. The molecule has 0 aliphatic carbocycles. The Morgan fingerprint density at radius 1 is 0.926 bits per heavy atom. The van der Waals surface area contributed by atoms with E-state index in [1.54, 1.807) is 0 Å². The summed E-state index contributed by atoms with van der Waals surface area (Å²) in [5.74, 6) is -3.05. The molecule has 4 N–H and O–H groups in total. The quantitative estimate of drug-likeness (QED) is 0.426. The SMILES string of the molecule is O=C(O)CCNC(=O)c1ccc(/N=N/c2ccc(O)c(C(=O)O)c2)cc1.[NaH]. The van der Waals surface area contributed by atoms with Crippen LogP contribution in [0.1, 0.15) is 27.1 Å². The van der Waals surface area contributed by atoms with E-state index in [4.69, 9.17) is 10.2 Å². The molecule has 10 heteroatoms. The van der Waals surface area contributed by atoms with Gasteiger partial charge >= 0.3 is 41.5 Å². The molecule has 0 spiro atoms. The molecule has 0 atom stereocenters. The summed E-state index contributed by atoms with van der Waals surface area (Å²) in [5.41, 5.74) is 0.731. The maximum atomic E-state index is 11.8. The maximum absolute atomic E-state index is 11.8. The molecule has 0 heterocycles. The minimum atomic E-state index is -1.28. The molecule has 0 bridgehead atoms. The van der Waals surface area contributed by atoms with Crippen molar-refractivity contribution >= 4 is 58.8 Å². The Kier molecular flexibility index (Phi) is 8.60. The van der Waals surface area contributed by atoms with Gasteiger partial charge in [0.1, 0.15) is 11.3 Å². The molecule has 2 aromatic carbocycles. The van der Waals surface area contributed by atoms with Crippen LogP contribution in [0, 0.1) is 0 Å². The number of rotatable bonds is 7. The van der Waals surface area contributed by atoms with Crippen molar-refractivity contribution in [3.8, 4) is 5.75 Å². The first kappa shape index (κ1) is 22.3. The van der Waals surface area contributed by atoms with E-state index in [1.165, 1.54) is 42.5 Å². The van der Waals surface area contributed by atoms with E-state index in [2.05, 4.69) is 15.5 Å². The van der Waals surface area contributed by atoms with Crippen LogP contribution in [-0.4, -0.2) is 69.3 Å². The second kappa shape index (κ2) is 10.4. The van der Waals surface area contributed by atoms with Gasteiger partial charge in [-0.05, 0) is 42.5 Å². The van der Waals surface area contributed by atoms with Gasteiger partial charge in [0.05, 0.1) is 17.8 Å². The number of carboxylic acid groups (broad SMARTS) is 2. The van der Waals surface area contributed by atoms with Crippen molar-refractivity contribution in [1.29, 1.82) is 0 Å². The summed E-state index contributed by atoms with van der Waals surface area (Å²) in [6.07, 6.45) is -0.164. The molecule has 0 saturated heterocycles. The number of nitrogens with one attached hydrogen (secondary N) is 1. The summed E-state index contributed by atoms with van der Waals surface area (Å²) in [6, 6.07) is 9.89. The molecule has 0 aliphatic rings. The van der Waals surface area contributed by atoms with Crippen molar-refractivity contribution in [3.63, 3.8) is 0 Å². The van der Waals surface area contributed by atoms with E-state index in [0.717, 1.165) is 0 Å². The van der Waals surface area contributed by atoms with Crippen LogP contribution < -0.4 is 5.32 Å². The molecule has 0 unspecified atom stereocenters. The van der Waals surface area contributed by atoms with E-state index < -0.39 is 17.8 Å². The monoisotopic (exact) mass is 381 g/mol. The average molecular weight is 381 g/mol. The van der Waals surface area contributed by atoms with Crippen LogP contribution in [0.4, 0.5) is 11.4 Å². The van der Waals surface area contributed by atoms with Crippen LogP contribution in [0.2, 0.25) is 0 Å². The van der Waals surface area contributed by atoms with Crippen molar-refractivity contribution in [2.45, 2.75) is 6.42 Å². The van der Waals surface area contributed by atoms with Crippen molar-refractivity contribution in [2.24, 2.45) is 10.2 Å². The first-order chi connectivity index (χ1) is 12.4. The average Bonchev–Trinajstić information content (AvgIpc) is 2.60. The number of hydrogen-bond donors (Lipinski definition) is 4. The van der Waals surface area contributed by atoms with Gasteiger partial charge in [-0.1, -0.05) is 0 Å². The normalized spacial score (nSPS) is 10.2. The summed E-state index contributed by atoms with van der Waals surface area (Å²) in [4.78, 5) is 33.2. The molecule has 27 heavy (non-hydrogen) atoms. The Morgan fingerprint density at radius 2 is 1.52 bits per heavy atom. The molecule has 0 fully saturated rings. The number of hydrogen-bond acceptors (Lipinski definition) is 6. The number of azo groups is 1. The zero-order valence-electron chi connectivity index (χ0n) is 13.4. The standard InChI is InChI=1S/C17H15N3O6.Na.H/c21-14-6-5-12(9-13(14)17(25)26)20-19-11-3-1-10(2-4-11)16(24)18-8-7-15(22)23;;/h1-6,9,21H,7-8H2,(H,18,24)(H,22,23)(H,25,26);;/b20-19+;;. The first-order valence-electron chi connectivity index (χ1n) is 7.45. The topological polar surface area (TPSA) is 149 Å². The van der Waals surface area contributed by atoms with Gasteiger partial charge in [0.25, 0.3) is 5.91 Å². The Labute approximate surface area is 176 Å². The fraction of sp³-hybridized carbons (Fsp3) is 0.118. The molecule has 136 valence electrons. The fourth-order valence-electron chi connectivity index (χ4n) is 1.94. The van der Waals surface area contributed by atoms with Crippen molar-refractivity contribution in [2.75, 3.05) is 6.54 Å². The zero-order valence-corrected chi connectivity index (χ0v) is 13.4. The van der Waals surface area contributed by atoms with Gasteiger partial charge in [0.2, 0.25) is 0 Å². The van der Waals surface area contributed by atoms with Gasteiger partial charge in [-0.2, -0.15) is 10.2 Å². The van der Waals surface area contributed by atoms with Crippen LogP contribution in [0.5, 0.6) is 5.75 Å². The number of phenols is 1. The van der Waals surface area contributed by atoms with Crippen molar-refractivity contribution in [3.05, 3.63) is 53.6 Å². The van der Waals surface area contributed by atoms with Crippen LogP contribution in [-0.2, 0) is 4.79 Å². The number of benzene rings is 2. The number of nitrogens with zero attached hydrogens (tertiary/aromatic N) is 2. The third-order valence-electron chi connectivity index (χ3n) is 3.25. The molecule has 1 amide bonds. The number of carbonyl (C=O) groups excluding carboxylic acids is 1. The molecule has 9 nitrogen and oxygen atoms in total. The van der Waals surface area contributed by atoms with Gasteiger partial charge < -0.3 is 20.6 Å². The number of carbonyl (C=O) groups is 3. The molecule has 2 aromatic rings. The third-order valence-corrected chi connectivity index (χ3v) is 3.25. The van der Waals surface area contributed by atoms with Crippen molar-refractivity contribution in [1.82, 2.24) is 5.32 Å². The van der Waals surface area contributed by atoms with E-state index in [9.17, 15) is 19.5 Å². The summed E-state index contributed by atoms with van der Waals surface area (Å²) in [6.45, 7) is 0.0301. The van der Waals surface area contributed by atoms with Gasteiger partial charge in [-0.15, -0.1) is 0 Å². The van der Waals surface area contributed by atoms with E-state index in [1.807, 2.05) is 0 Å². The summed E-state index contributed by atoms with van der Waals surface area (Å²) in [7, 11) is 0. The molecular weight excluding hydrogens is 365 g/mol. The minimum absolute atomic E-state index is 0. The predicted octanol–water partition coefficient (Wildman–Crippen LogP) is 2.06. The zero-order chi connectivity index (χ0) is 19.1. The summed E-state index contributed by atoms with van der Waals surface area (Å²) < 4.78 is 0. The number of amides is 1. The fourth-order valence-corrected chi connectivity index (χ4v) is 1.94. The van der Waals surface area contributed by atoms with Crippen molar-refractivity contribution < 1.29 is 29.7 Å². The van der Waals surface area contributed by atoms with Gasteiger partial charge in [0, 0.05) is 12.1 Å².